The number of rotatable bonds is 3. The van der Waals surface area contributed by atoms with E-state index in [9.17, 15) is 9.59 Å². The van der Waals surface area contributed by atoms with E-state index >= 15 is 0 Å². The zero-order valence-corrected chi connectivity index (χ0v) is 11.2. The van der Waals surface area contributed by atoms with Crippen LogP contribution in [0.5, 0.6) is 0 Å². The molecule has 1 atom stereocenters. The third-order valence-electron chi connectivity index (χ3n) is 3.53. The average Bonchev–Trinajstić information content (AvgIpc) is 2.90. The highest BCUT2D eigenvalue weighted by Crippen LogP contribution is 2.12. The molecule has 0 unspecified atom stereocenters. The van der Waals surface area contributed by atoms with E-state index in [-0.39, 0.29) is 11.8 Å². The number of nitrogens with one attached hydrogen (secondary N) is 1. The molecule has 0 bridgehead atoms. The van der Waals surface area contributed by atoms with Crippen LogP contribution in [0.25, 0.3) is 0 Å². The molecular formula is C15H15N3O2. The highest BCUT2D eigenvalue weighted by Gasteiger charge is 2.28. The van der Waals surface area contributed by atoms with Crippen molar-refractivity contribution in [1.82, 2.24) is 14.9 Å². The molecule has 3 rings (SSSR count). The molecule has 1 amide bonds. The van der Waals surface area contributed by atoms with Crippen molar-refractivity contribution in [3.8, 4) is 0 Å². The second-order valence-corrected chi connectivity index (χ2v) is 5.09. The molecule has 2 aromatic rings. The van der Waals surface area contributed by atoms with Gasteiger partial charge in [0.25, 0.3) is 0 Å². The molecule has 5 nitrogen and oxygen atoms in total. The number of aryl methyl sites for hydroxylation is 1. The van der Waals surface area contributed by atoms with Gasteiger partial charge in [-0.1, -0.05) is 29.8 Å². The lowest BCUT2D eigenvalue weighted by molar-refractivity contribution is -0.120. The van der Waals surface area contributed by atoms with E-state index in [4.69, 9.17) is 0 Å². The number of hydrogen-bond donors (Lipinski definition) is 1. The molecule has 0 aliphatic carbocycles. The van der Waals surface area contributed by atoms with Gasteiger partial charge in [0, 0.05) is 24.7 Å². The van der Waals surface area contributed by atoms with Crippen LogP contribution in [0.3, 0.4) is 0 Å². The first kappa shape index (κ1) is 12.6. The molecule has 2 heterocycles. The summed E-state index contributed by atoms with van der Waals surface area (Å²) in [5.41, 5.74) is 2.90. The Balaban J connectivity index is 1.73. The Hall–Kier alpha value is -2.43. The number of carbonyl (C=O) groups excluding carboxylic acids is 2. The minimum atomic E-state index is -0.465. The van der Waals surface area contributed by atoms with Gasteiger partial charge in [-0.3, -0.25) is 9.36 Å². The molecule has 1 aromatic carbocycles. The second kappa shape index (κ2) is 4.92. The van der Waals surface area contributed by atoms with Gasteiger partial charge in [-0.15, -0.1) is 0 Å². The highest BCUT2D eigenvalue weighted by molar-refractivity contribution is 5.92. The summed E-state index contributed by atoms with van der Waals surface area (Å²) < 4.78 is 1.44. The largest absolute Gasteiger partial charge is 0.327 e. The maximum absolute atomic E-state index is 12.3. The average molecular weight is 269 g/mol. The van der Waals surface area contributed by atoms with Gasteiger partial charge in [-0.05, 0) is 12.5 Å². The number of fused-ring (bicyclic) bond motifs is 1. The van der Waals surface area contributed by atoms with E-state index in [1.54, 1.807) is 6.20 Å². The number of imidazole rings is 1. The molecular weight excluding hydrogens is 254 g/mol. The predicted molar refractivity (Wildman–Crippen MR) is 73.5 cm³/mol. The van der Waals surface area contributed by atoms with Crippen molar-refractivity contribution in [3.05, 3.63) is 53.6 Å². The van der Waals surface area contributed by atoms with Gasteiger partial charge in [-0.25, -0.2) is 9.78 Å². The van der Waals surface area contributed by atoms with Crippen LogP contribution in [0.2, 0.25) is 0 Å². The maximum atomic E-state index is 12.3. The molecule has 0 saturated heterocycles. The van der Waals surface area contributed by atoms with Crippen molar-refractivity contribution in [2.45, 2.75) is 25.8 Å². The summed E-state index contributed by atoms with van der Waals surface area (Å²) >= 11 is 0. The summed E-state index contributed by atoms with van der Waals surface area (Å²) in [6.07, 6.45) is 3.92. The summed E-state index contributed by atoms with van der Waals surface area (Å²) in [5.74, 6) is 0.0228. The van der Waals surface area contributed by atoms with Crippen LogP contribution in [0.4, 0.5) is 4.79 Å². The molecule has 1 aliphatic rings. The maximum Gasteiger partial charge on any atom is 0.327 e. The van der Waals surface area contributed by atoms with Crippen LogP contribution in [-0.4, -0.2) is 27.4 Å². The van der Waals surface area contributed by atoms with Gasteiger partial charge in [0.05, 0.1) is 6.04 Å². The van der Waals surface area contributed by atoms with Crippen molar-refractivity contribution in [2.24, 2.45) is 0 Å². The number of ketones is 1. The number of nitrogens with zero attached hydrogens (tertiary/aromatic N) is 2. The highest BCUT2D eigenvalue weighted by atomic mass is 16.2. The first-order chi connectivity index (χ1) is 9.63. The van der Waals surface area contributed by atoms with Crippen LogP contribution < -0.4 is 5.32 Å². The topological polar surface area (TPSA) is 64.0 Å². The second-order valence-electron chi connectivity index (χ2n) is 5.09. The van der Waals surface area contributed by atoms with Gasteiger partial charge in [-0.2, -0.15) is 0 Å². The molecule has 0 spiro atoms. The molecule has 1 N–H and O–H groups in total. The van der Waals surface area contributed by atoms with Crippen molar-refractivity contribution in [1.29, 1.82) is 0 Å². The standard InChI is InChI=1S/C15H15N3O2/c1-10-2-4-11(5-3-10)6-14(19)13-7-12-8-16-9-18(12)15(20)17-13/h2-5,8-9,13H,6-7H2,1H3,(H,17,20)/t13-/m0/s1. The van der Waals surface area contributed by atoms with E-state index in [2.05, 4.69) is 10.3 Å². The van der Waals surface area contributed by atoms with E-state index in [0.29, 0.717) is 12.8 Å². The lowest BCUT2D eigenvalue weighted by Gasteiger charge is -2.23. The smallest absolute Gasteiger partial charge is 0.327 e. The van der Waals surface area contributed by atoms with Gasteiger partial charge in [0.15, 0.2) is 5.78 Å². The number of hydrogen-bond acceptors (Lipinski definition) is 3. The minimum Gasteiger partial charge on any atom is -0.327 e. The molecule has 0 fully saturated rings. The third-order valence-corrected chi connectivity index (χ3v) is 3.53. The molecule has 5 heteroatoms. The number of Topliss-reactive ketones (excluding diaryl/α,β-unsaturated/α-hetero) is 1. The quantitative estimate of drug-likeness (QED) is 0.918. The summed E-state index contributed by atoms with van der Waals surface area (Å²) in [6.45, 7) is 2.01. The number of carbonyl (C=O) groups is 2. The van der Waals surface area contributed by atoms with Crippen molar-refractivity contribution < 1.29 is 9.59 Å². The minimum absolute atomic E-state index is 0.0228. The molecule has 102 valence electrons. The SMILES string of the molecule is Cc1ccc(CC(=O)[C@@H]2Cc3cncn3C(=O)N2)cc1. The lowest BCUT2D eigenvalue weighted by atomic mass is 9.99. The summed E-state index contributed by atoms with van der Waals surface area (Å²) in [6, 6.07) is 7.11. The summed E-state index contributed by atoms with van der Waals surface area (Å²) in [5, 5.41) is 2.72. The monoisotopic (exact) mass is 269 g/mol. The molecule has 1 aliphatic heterocycles. The summed E-state index contributed by atoms with van der Waals surface area (Å²) in [7, 11) is 0. The first-order valence-corrected chi connectivity index (χ1v) is 6.54. The van der Waals surface area contributed by atoms with Crippen LogP contribution >= 0.6 is 0 Å². The van der Waals surface area contributed by atoms with Gasteiger partial charge >= 0.3 is 6.03 Å². The molecule has 20 heavy (non-hydrogen) atoms. The molecule has 1 aromatic heterocycles. The summed E-state index contributed by atoms with van der Waals surface area (Å²) in [4.78, 5) is 28.0. The van der Waals surface area contributed by atoms with Crippen LogP contribution in [0.15, 0.2) is 36.8 Å². The zero-order chi connectivity index (χ0) is 14.1. The first-order valence-electron chi connectivity index (χ1n) is 6.54. The van der Waals surface area contributed by atoms with Crippen molar-refractivity contribution >= 4 is 11.8 Å². The van der Waals surface area contributed by atoms with Crippen LogP contribution in [0, 0.1) is 6.92 Å². The Bertz CT molecular complexity index is 658. The molecule has 0 saturated carbocycles. The Morgan fingerprint density at radius 3 is 2.90 bits per heavy atom. The predicted octanol–water partition coefficient (Wildman–Crippen LogP) is 1.49. The third kappa shape index (κ3) is 2.34. The van der Waals surface area contributed by atoms with E-state index in [0.717, 1.165) is 16.8 Å². The zero-order valence-electron chi connectivity index (χ0n) is 11.2. The van der Waals surface area contributed by atoms with E-state index in [1.807, 2.05) is 31.2 Å². The van der Waals surface area contributed by atoms with E-state index in [1.165, 1.54) is 10.9 Å². The Labute approximate surface area is 116 Å². The fraction of sp³-hybridized carbons (Fsp3) is 0.267. The Morgan fingerprint density at radius 2 is 2.15 bits per heavy atom. The fourth-order valence-corrected chi connectivity index (χ4v) is 2.36. The number of amides is 1. The number of benzene rings is 1. The van der Waals surface area contributed by atoms with Crippen LogP contribution in [-0.2, 0) is 17.6 Å². The Morgan fingerprint density at radius 1 is 1.40 bits per heavy atom. The van der Waals surface area contributed by atoms with Gasteiger partial charge in [0.1, 0.15) is 6.33 Å². The number of aromatic nitrogens is 2. The van der Waals surface area contributed by atoms with Crippen LogP contribution in [0.1, 0.15) is 16.8 Å². The van der Waals surface area contributed by atoms with E-state index < -0.39 is 6.04 Å². The van der Waals surface area contributed by atoms with Gasteiger partial charge < -0.3 is 5.32 Å². The Kier molecular flexibility index (Phi) is 3.10. The molecule has 0 radical (unpaired) electrons. The lowest BCUT2D eigenvalue weighted by Crippen LogP contribution is -2.49. The van der Waals surface area contributed by atoms with Crippen molar-refractivity contribution in [3.63, 3.8) is 0 Å². The van der Waals surface area contributed by atoms with Gasteiger partial charge in [0.2, 0.25) is 0 Å². The van der Waals surface area contributed by atoms with Crippen molar-refractivity contribution in [2.75, 3.05) is 0 Å². The normalized spacial score (nSPS) is 17.4. The fourth-order valence-electron chi connectivity index (χ4n) is 2.36.